The maximum Gasteiger partial charge on any atom is 0.175 e. The topological polar surface area (TPSA) is 36.5 Å². The molecule has 0 unspecified atom stereocenters. The fourth-order valence-electron chi connectivity index (χ4n) is 2.53. The Kier molecular flexibility index (Phi) is 6.44. The van der Waals surface area contributed by atoms with Gasteiger partial charge in [0.2, 0.25) is 0 Å². The predicted molar refractivity (Wildman–Crippen MR) is 108 cm³/mol. The van der Waals surface area contributed by atoms with E-state index in [9.17, 15) is 0 Å². The van der Waals surface area contributed by atoms with Gasteiger partial charge in [-0.05, 0) is 81.0 Å². The zero-order valence-electron chi connectivity index (χ0n) is 14.7. The van der Waals surface area contributed by atoms with Crippen molar-refractivity contribution in [2.75, 3.05) is 35.7 Å². The first-order valence-electron chi connectivity index (χ1n) is 8.15. The number of hydrogen-bond acceptors (Lipinski definition) is 3. The first kappa shape index (κ1) is 18.1. The summed E-state index contributed by atoms with van der Waals surface area (Å²) < 4.78 is 5.15. The molecule has 0 heterocycles. The van der Waals surface area contributed by atoms with E-state index in [0.29, 0.717) is 5.11 Å². The average Bonchev–Trinajstić information content (AvgIpc) is 2.59. The number of nitrogens with zero attached hydrogens (tertiary/aromatic N) is 1. The molecule has 0 saturated heterocycles. The summed E-state index contributed by atoms with van der Waals surface area (Å²) in [5.41, 5.74) is 4.33. The van der Waals surface area contributed by atoms with E-state index in [2.05, 4.69) is 54.5 Å². The summed E-state index contributed by atoms with van der Waals surface area (Å²) in [6.45, 7) is 8.42. The maximum atomic E-state index is 5.41. The second-order valence-corrected chi connectivity index (χ2v) is 5.89. The van der Waals surface area contributed by atoms with E-state index < -0.39 is 0 Å². The molecule has 0 saturated carbocycles. The standard InChI is InChI=1S/C19H25N3OS/c1-5-22(6-2)16-9-12-18(14(3)13-16)21-19(24)20-15-7-10-17(23-4)11-8-15/h7-13H,5-6H2,1-4H3,(H2,20,21,24). The lowest BCUT2D eigenvalue weighted by Crippen LogP contribution is -2.22. The van der Waals surface area contributed by atoms with Crippen LogP contribution in [-0.4, -0.2) is 25.3 Å². The molecule has 24 heavy (non-hydrogen) atoms. The Morgan fingerprint density at radius 2 is 1.71 bits per heavy atom. The summed E-state index contributed by atoms with van der Waals surface area (Å²) >= 11 is 5.41. The van der Waals surface area contributed by atoms with Crippen LogP contribution in [0, 0.1) is 6.92 Å². The van der Waals surface area contributed by atoms with Crippen LogP contribution in [-0.2, 0) is 0 Å². The van der Waals surface area contributed by atoms with E-state index in [1.807, 2.05) is 24.3 Å². The van der Waals surface area contributed by atoms with Gasteiger partial charge in [-0.1, -0.05) is 0 Å². The summed E-state index contributed by atoms with van der Waals surface area (Å²) in [6.07, 6.45) is 0. The van der Waals surface area contributed by atoms with Crippen molar-refractivity contribution >= 4 is 34.4 Å². The van der Waals surface area contributed by atoms with Crippen LogP contribution in [0.3, 0.4) is 0 Å². The molecular weight excluding hydrogens is 318 g/mol. The van der Waals surface area contributed by atoms with Crippen molar-refractivity contribution in [3.63, 3.8) is 0 Å². The third kappa shape index (κ3) is 4.61. The van der Waals surface area contributed by atoms with Crippen LogP contribution < -0.4 is 20.3 Å². The lowest BCUT2D eigenvalue weighted by atomic mass is 10.1. The van der Waals surface area contributed by atoms with Crippen LogP contribution >= 0.6 is 12.2 Å². The third-order valence-electron chi connectivity index (χ3n) is 3.93. The van der Waals surface area contributed by atoms with Gasteiger partial charge in [0.1, 0.15) is 5.75 Å². The van der Waals surface area contributed by atoms with Gasteiger partial charge in [0.25, 0.3) is 0 Å². The fourth-order valence-corrected chi connectivity index (χ4v) is 2.76. The summed E-state index contributed by atoms with van der Waals surface area (Å²) in [4.78, 5) is 2.32. The normalized spacial score (nSPS) is 10.2. The largest absolute Gasteiger partial charge is 0.497 e. The Balaban J connectivity index is 2.02. The number of rotatable bonds is 6. The average molecular weight is 343 g/mol. The van der Waals surface area contributed by atoms with Gasteiger partial charge in [0, 0.05) is 30.2 Å². The van der Waals surface area contributed by atoms with E-state index in [4.69, 9.17) is 17.0 Å². The van der Waals surface area contributed by atoms with Crippen molar-refractivity contribution < 1.29 is 4.74 Å². The third-order valence-corrected chi connectivity index (χ3v) is 4.14. The fraction of sp³-hybridized carbons (Fsp3) is 0.316. The van der Waals surface area contributed by atoms with Gasteiger partial charge >= 0.3 is 0 Å². The second-order valence-electron chi connectivity index (χ2n) is 5.48. The molecular formula is C19H25N3OS. The molecule has 0 atom stereocenters. The number of thiocarbonyl (C=S) groups is 1. The first-order chi connectivity index (χ1) is 11.6. The molecule has 2 aromatic carbocycles. The van der Waals surface area contributed by atoms with E-state index in [0.717, 1.165) is 30.2 Å². The van der Waals surface area contributed by atoms with Crippen LogP contribution in [0.5, 0.6) is 5.75 Å². The van der Waals surface area contributed by atoms with Crippen molar-refractivity contribution in [1.82, 2.24) is 0 Å². The summed E-state index contributed by atoms with van der Waals surface area (Å²) in [5.74, 6) is 0.822. The zero-order chi connectivity index (χ0) is 17.5. The Labute approximate surface area is 149 Å². The van der Waals surface area contributed by atoms with Gasteiger partial charge in [-0.2, -0.15) is 0 Å². The van der Waals surface area contributed by atoms with Crippen molar-refractivity contribution in [2.24, 2.45) is 0 Å². The SMILES string of the molecule is CCN(CC)c1ccc(NC(=S)Nc2ccc(OC)cc2)c(C)c1. The highest BCUT2D eigenvalue weighted by molar-refractivity contribution is 7.80. The number of ether oxygens (including phenoxy) is 1. The Morgan fingerprint density at radius 3 is 2.25 bits per heavy atom. The number of methoxy groups -OCH3 is 1. The van der Waals surface area contributed by atoms with E-state index >= 15 is 0 Å². The molecule has 0 radical (unpaired) electrons. The van der Waals surface area contributed by atoms with Crippen LogP contribution in [0.2, 0.25) is 0 Å². The molecule has 0 bridgehead atoms. The van der Waals surface area contributed by atoms with E-state index in [-0.39, 0.29) is 0 Å². The van der Waals surface area contributed by atoms with E-state index in [1.165, 1.54) is 11.3 Å². The molecule has 0 fully saturated rings. The van der Waals surface area contributed by atoms with Gasteiger partial charge in [-0.25, -0.2) is 0 Å². The van der Waals surface area contributed by atoms with Crippen molar-refractivity contribution in [3.05, 3.63) is 48.0 Å². The number of hydrogen-bond donors (Lipinski definition) is 2. The van der Waals surface area contributed by atoms with Gasteiger partial charge < -0.3 is 20.3 Å². The zero-order valence-corrected chi connectivity index (χ0v) is 15.5. The van der Waals surface area contributed by atoms with Gasteiger partial charge in [0.15, 0.2) is 5.11 Å². The molecule has 0 amide bonds. The van der Waals surface area contributed by atoms with Gasteiger partial charge in [-0.15, -0.1) is 0 Å². The van der Waals surface area contributed by atoms with Crippen LogP contribution in [0.15, 0.2) is 42.5 Å². The maximum absolute atomic E-state index is 5.41. The molecule has 4 nitrogen and oxygen atoms in total. The minimum atomic E-state index is 0.568. The monoisotopic (exact) mass is 343 g/mol. The molecule has 128 valence electrons. The quantitative estimate of drug-likeness (QED) is 0.746. The molecule has 0 aliphatic rings. The molecule has 2 aromatic rings. The van der Waals surface area contributed by atoms with Crippen LogP contribution in [0.1, 0.15) is 19.4 Å². The molecule has 2 N–H and O–H groups in total. The Morgan fingerprint density at radius 1 is 1.04 bits per heavy atom. The first-order valence-corrected chi connectivity index (χ1v) is 8.55. The van der Waals surface area contributed by atoms with Gasteiger partial charge in [0.05, 0.1) is 7.11 Å². The minimum absolute atomic E-state index is 0.568. The van der Waals surface area contributed by atoms with E-state index in [1.54, 1.807) is 7.11 Å². The number of anilines is 3. The summed E-state index contributed by atoms with van der Waals surface area (Å²) in [7, 11) is 1.65. The van der Waals surface area contributed by atoms with Gasteiger partial charge in [-0.3, -0.25) is 0 Å². The highest BCUT2D eigenvalue weighted by atomic mass is 32.1. The Bertz CT molecular complexity index is 682. The number of benzene rings is 2. The highest BCUT2D eigenvalue weighted by Crippen LogP contribution is 2.23. The van der Waals surface area contributed by atoms with Crippen LogP contribution in [0.25, 0.3) is 0 Å². The minimum Gasteiger partial charge on any atom is -0.497 e. The number of nitrogens with one attached hydrogen (secondary N) is 2. The molecule has 0 aromatic heterocycles. The Hall–Kier alpha value is -2.27. The van der Waals surface area contributed by atoms with Crippen molar-refractivity contribution in [3.8, 4) is 5.75 Å². The molecule has 2 rings (SSSR count). The summed E-state index contributed by atoms with van der Waals surface area (Å²) in [5, 5.41) is 7.01. The van der Waals surface area contributed by atoms with Crippen LogP contribution in [0.4, 0.5) is 17.1 Å². The molecule has 0 aliphatic carbocycles. The number of aryl methyl sites for hydroxylation is 1. The predicted octanol–water partition coefficient (Wildman–Crippen LogP) is 4.66. The molecule has 0 aliphatic heterocycles. The van der Waals surface area contributed by atoms with Crippen molar-refractivity contribution in [2.45, 2.75) is 20.8 Å². The molecule has 5 heteroatoms. The second kappa shape index (κ2) is 8.55. The highest BCUT2D eigenvalue weighted by Gasteiger charge is 2.06. The lowest BCUT2D eigenvalue weighted by Gasteiger charge is -2.22. The van der Waals surface area contributed by atoms with Crippen molar-refractivity contribution in [1.29, 1.82) is 0 Å². The summed E-state index contributed by atoms with van der Waals surface area (Å²) in [6, 6.07) is 14.0. The lowest BCUT2D eigenvalue weighted by molar-refractivity contribution is 0.415. The smallest absolute Gasteiger partial charge is 0.175 e. The molecule has 0 spiro atoms.